The summed E-state index contributed by atoms with van der Waals surface area (Å²) in [6, 6.07) is 9.85. The molecule has 0 saturated heterocycles. The second-order valence-corrected chi connectivity index (χ2v) is 3.94. The van der Waals surface area contributed by atoms with E-state index in [4.69, 9.17) is 10.5 Å². The Bertz CT molecular complexity index is 327. The Morgan fingerprint density at radius 2 is 2.12 bits per heavy atom. The van der Waals surface area contributed by atoms with Gasteiger partial charge in [-0.3, -0.25) is 4.79 Å². The molecule has 94 valence electrons. The molecule has 0 spiro atoms. The maximum Gasteiger partial charge on any atom is 0.220 e. The lowest BCUT2D eigenvalue weighted by molar-refractivity contribution is -0.122. The van der Waals surface area contributed by atoms with Gasteiger partial charge < -0.3 is 15.8 Å². The zero-order valence-corrected chi connectivity index (χ0v) is 10.2. The summed E-state index contributed by atoms with van der Waals surface area (Å²) in [6.45, 7) is 0.846. The van der Waals surface area contributed by atoms with Crippen molar-refractivity contribution in [1.29, 1.82) is 0 Å². The minimum absolute atomic E-state index is 0.0151. The standard InChI is InChI=1S/C13H20N2O2/c1-17-10-12(9-14)15-13(16)8-7-11-5-3-2-4-6-11/h2-6,12H,7-10,14H2,1H3,(H,15,16). The quantitative estimate of drug-likeness (QED) is 0.733. The second-order valence-electron chi connectivity index (χ2n) is 3.94. The van der Waals surface area contributed by atoms with Crippen molar-refractivity contribution in [2.75, 3.05) is 20.3 Å². The van der Waals surface area contributed by atoms with Gasteiger partial charge in [0.1, 0.15) is 0 Å². The highest BCUT2D eigenvalue weighted by molar-refractivity contribution is 5.76. The van der Waals surface area contributed by atoms with Crippen LogP contribution in [0.1, 0.15) is 12.0 Å². The number of benzene rings is 1. The third kappa shape index (κ3) is 5.47. The van der Waals surface area contributed by atoms with E-state index in [1.165, 1.54) is 5.56 Å². The number of methoxy groups -OCH3 is 1. The van der Waals surface area contributed by atoms with Gasteiger partial charge in [0.05, 0.1) is 12.6 Å². The Balaban J connectivity index is 2.30. The number of hydrogen-bond donors (Lipinski definition) is 2. The molecule has 0 bridgehead atoms. The average molecular weight is 236 g/mol. The molecule has 0 aliphatic rings. The van der Waals surface area contributed by atoms with Crippen LogP contribution in [0.4, 0.5) is 0 Å². The van der Waals surface area contributed by atoms with Crippen LogP contribution >= 0.6 is 0 Å². The van der Waals surface area contributed by atoms with Crippen LogP contribution in [-0.2, 0) is 16.0 Å². The molecular weight excluding hydrogens is 216 g/mol. The van der Waals surface area contributed by atoms with Crippen molar-refractivity contribution < 1.29 is 9.53 Å². The van der Waals surface area contributed by atoms with Gasteiger partial charge in [-0.1, -0.05) is 30.3 Å². The van der Waals surface area contributed by atoms with E-state index in [-0.39, 0.29) is 11.9 Å². The number of nitrogens with two attached hydrogens (primary N) is 1. The fraction of sp³-hybridized carbons (Fsp3) is 0.462. The molecule has 1 atom stereocenters. The lowest BCUT2D eigenvalue weighted by atomic mass is 10.1. The van der Waals surface area contributed by atoms with E-state index in [1.54, 1.807) is 7.11 Å². The van der Waals surface area contributed by atoms with Crippen LogP contribution in [0.5, 0.6) is 0 Å². The van der Waals surface area contributed by atoms with Crippen LogP contribution in [0.3, 0.4) is 0 Å². The monoisotopic (exact) mass is 236 g/mol. The number of carbonyl (C=O) groups excluding carboxylic acids is 1. The highest BCUT2D eigenvalue weighted by atomic mass is 16.5. The molecule has 4 heteroatoms. The lowest BCUT2D eigenvalue weighted by Gasteiger charge is -2.15. The predicted molar refractivity (Wildman–Crippen MR) is 67.6 cm³/mol. The highest BCUT2D eigenvalue weighted by Crippen LogP contribution is 2.02. The molecule has 1 unspecified atom stereocenters. The van der Waals surface area contributed by atoms with E-state index >= 15 is 0 Å². The molecule has 1 aromatic carbocycles. The minimum atomic E-state index is -0.0942. The first-order chi connectivity index (χ1) is 8.26. The molecule has 0 aliphatic heterocycles. The molecule has 4 nitrogen and oxygen atoms in total. The Hall–Kier alpha value is -1.39. The smallest absolute Gasteiger partial charge is 0.220 e. The van der Waals surface area contributed by atoms with E-state index in [0.29, 0.717) is 19.6 Å². The molecular formula is C13H20N2O2. The largest absolute Gasteiger partial charge is 0.383 e. The highest BCUT2D eigenvalue weighted by Gasteiger charge is 2.09. The van der Waals surface area contributed by atoms with Crippen molar-refractivity contribution in [3.63, 3.8) is 0 Å². The summed E-state index contributed by atoms with van der Waals surface area (Å²) in [6.07, 6.45) is 1.22. The first-order valence-corrected chi connectivity index (χ1v) is 5.78. The van der Waals surface area contributed by atoms with Crippen molar-refractivity contribution in [2.45, 2.75) is 18.9 Å². The molecule has 0 aromatic heterocycles. The van der Waals surface area contributed by atoms with Crippen LogP contribution in [0.15, 0.2) is 30.3 Å². The SMILES string of the molecule is COCC(CN)NC(=O)CCc1ccccc1. The molecule has 3 N–H and O–H groups in total. The number of amides is 1. The normalized spacial score (nSPS) is 12.1. The predicted octanol–water partition coefficient (Wildman–Crippen LogP) is 0.709. The molecule has 1 aromatic rings. The molecule has 1 rings (SSSR count). The van der Waals surface area contributed by atoms with Crippen molar-refractivity contribution >= 4 is 5.91 Å². The third-order valence-corrected chi connectivity index (χ3v) is 2.50. The van der Waals surface area contributed by atoms with E-state index in [1.807, 2.05) is 30.3 Å². The number of aryl methyl sites for hydroxylation is 1. The van der Waals surface area contributed by atoms with Crippen LogP contribution in [0.2, 0.25) is 0 Å². The van der Waals surface area contributed by atoms with Crippen LogP contribution in [0, 0.1) is 0 Å². The van der Waals surface area contributed by atoms with Crippen LogP contribution in [0.25, 0.3) is 0 Å². The van der Waals surface area contributed by atoms with Crippen molar-refractivity contribution in [3.05, 3.63) is 35.9 Å². The minimum Gasteiger partial charge on any atom is -0.383 e. The van der Waals surface area contributed by atoms with Gasteiger partial charge >= 0.3 is 0 Å². The fourth-order valence-corrected chi connectivity index (χ4v) is 1.57. The second kappa shape index (κ2) is 7.81. The van der Waals surface area contributed by atoms with Crippen LogP contribution in [-0.4, -0.2) is 32.2 Å². The lowest BCUT2D eigenvalue weighted by Crippen LogP contribution is -2.43. The van der Waals surface area contributed by atoms with E-state index < -0.39 is 0 Å². The maximum absolute atomic E-state index is 11.6. The Morgan fingerprint density at radius 3 is 2.71 bits per heavy atom. The molecule has 0 heterocycles. The van der Waals surface area contributed by atoms with Gasteiger partial charge in [-0.15, -0.1) is 0 Å². The average Bonchev–Trinajstić information content (AvgIpc) is 2.37. The number of rotatable bonds is 7. The van der Waals surface area contributed by atoms with Gasteiger partial charge in [0.2, 0.25) is 5.91 Å². The molecule has 1 amide bonds. The molecule has 0 saturated carbocycles. The first-order valence-electron chi connectivity index (χ1n) is 5.78. The summed E-state index contributed by atoms with van der Waals surface area (Å²) in [5.74, 6) is 0.0151. The van der Waals surface area contributed by atoms with Gasteiger partial charge in [-0.2, -0.15) is 0 Å². The molecule has 0 aliphatic carbocycles. The van der Waals surface area contributed by atoms with Gasteiger partial charge in [0.25, 0.3) is 0 Å². The summed E-state index contributed by atoms with van der Waals surface area (Å²) < 4.78 is 4.96. The van der Waals surface area contributed by atoms with Gasteiger partial charge in [-0.25, -0.2) is 0 Å². The number of ether oxygens (including phenoxy) is 1. The molecule has 0 radical (unpaired) electrons. The summed E-state index contributed by atoms with van der Waals surface area (Å²) >= 11 is 0. The summed E-state index contributed by atoms with van der Waals surface area (Å²) in [5, 5.41) is 2.85. The van der Waals surface area contributed by atoms with Crippen molar-refractivity contribution in [1.82, 2.24) is 5.32 Å². The Morgan fingerprint density at radius 1 is 1.41 bits per heavy atom. The van der Waals surface area contributed by atoms with Crippen molar-refractivity contribution in [2.24, 2.45) is 5.73 Å². The Kier molecular flexibility index (Phi) is 6.29. The number of nitrogens with one attached hydrogen (secondary N) is 1. The van der Waals surface area contributed by atoms with Crippen molar-refractivity contribution in [3.8, 4) is 0 Å². The zero-order chi connectivity index (χ0) is 12.5. The number of hydrogen-bond acceptors (Lipinski definition) is 3. The summed E-state index contributed by atoms with van der Waals surface area (Å²) in [5.41, 5.74) is 6.69. The molecule has 0 fully saturated rings. The summed E-state index contributed by atoms with van der Waals surface area (Å²) in [4.78, 5) is 11.6. The zero-order valence-electron chi connectivity index (χ0n) is 10.2. The van der Waals surface area contributed by atoms with Gasteiger partial charge in [-0.05, 0) is 12.0 Å². The van der Waals surface area contributed by atoms with Crippen LogP contribution < -0.4 is 11.1 Å². The third-order valence-electron chi connectivity index (χ3n) is 2.50. The Labute approximate surface area is 102 Å². The van der Waals surface area contributed by atoms with Gasteiger partial charge in [0, 0.05) is 20.1 Å². The van der Waals surface area contributed by atoms with E-state index in [9.17, 15) is 4.79 Å². The van der Waals surface area contributed by atoms with Gasteiger partial charge in [0.15, 0.2) is 0 Å². The topological polar surface area (TPSA) is 64.3 Å². The molecule has 17 heavy (non-hydrogen) atoms. The van der Waals surface area contributed by atoms with E-state index in [2.05, 4.69) is 5.32 Å². The summed E-state index contributed by atoms with van der Waals surface area (Å²) in [7, 11) is 1.60. The fourth-order valence-electron chi connectivity index (χ4n) is 1.57. The van der Waals surface area contributed by atoms with E-state index in [0.717, 1.165) is 6.42 Å². The first kappa shape index (κ1) is 13.7. The number of carbonyl (C=O) groups is 1. The maximum atomic E-state index is 11.6.